The van der Waals surface area contributed by atoms with Crippen molar-refractivity contribution < 1.29 is 14.3 Å². The summed E-state index contributed by atoms with van der Waals surface area (Å²) in [5.41, 5.74) is 0.351. The van der Waals surface area contributed by atoms with Gasteiger partial charge >= 0.3 is 0 Å². The van der Waals surface area contributed by atoms with Crippen LogP contribution in [0.2, 0.25) is 0 Å². The largest absolute Gasteiger partial charge is 0.392 e. The molecule has 2 N–H and O–H groups in total. The second kappa shape index (κ2) is 8.08. The fraction of sp³-hybridized carbons (Fsp3) is 0.632. The lowest BCUT2D eigenvalue weighted by Crippen LogP contribution is -2.54. The molecule has 5 heteroatoms. The molecule has 134 valence electrons. The van der Waals surface area contributed by atoms with E-state index in [-0.39, 0.29) is 29.2 Å². The molecule has 0 spiro atoms. The van der Waals surface area contributed by atoms with E-state index in [0.29, 0.717) is 6.54 Å². The number of nitrogens with one attached hydrogen (secondary N) is 1. The molecule has 4 nitrogen and oxygen atoms in total. The summed E-state index contributed by atoms with van der Waals surface area (Å²) < 4.78 is 13.7. The van der Waals surface area contributed by atoms with E-state index in [0.717, 1.165) is 19.0 Å². The Labute approximate surface area is 144 Å². The number of rotatable bonds is 6. The number of aliphatic hydroxyl groups is 1. The first-order valence-corrected chi connectivity index (χ1v) is 8.80. The van der Waals surface area contributed by atoms with Gasteiger partial charge in [-0.25, -0.2) is 4.39 Å². The third-order valence-electron chi connectivity index (χ3n) is 5.12. The predicted octanol–water partition coefficient (Wildman–Crippen LogP) is 2.95. The predicted molar refractivity (Wildman–Crippen MR) is 93.3 cm³/mol. The molecular formula is C19H29FN2O2. The van der Waals surface area contributed by atoms with Gasteiger partial charge in [-0.05, 0) is 51.3 Å². The molecule has 0 radical (unpaired) electrons. The van der Waals surface area contributed by atoms with Gasteiger partial charge in [0, 0.05) is 29.8 Å². The monoisotopic (exact) mass is 336 g/mol. The van der Waals surface area contributed by atoms with Gasteiger partial charge < -0.3 is 10.4 Å². The number of nitrogens with zero attached hydrogens (tertiary/aromatic N) is 1. The maximum Gasteiger partial charge on any atom is 0.251 e. The summed E-state index contributed by atoms with van der Waals surface area (Å²) in [6, 6.07) is 4.18. The van der Waals surface area contributed by atoms with Crippen molar-refractivity contribution in [1.29, 1.82) is 0 Å². The van der Waals surface area contributed by atoms with E-state index in [1.165, 1.54) is 31.4 Å². The number of likely N-dealkylation sites (tertiary alicyclic amines) is 1. The molecule has 0 saturated carbocycles. The van der Waals surface area contributed by atoms with Gasteiger partial charge in [-0.2, -0.15) is 0 Å². The molecule has 0 aromatic heterocycles. The average molecular weight is 336 g/mol. The Hall–Kier alpha value is -1.46. The Morgan fingerprint density at radius 3 is 2.83 bits per heavy atom. The minimum absolute atomic E-state index is 0.132. The van der Waals surface area contributed by atoms with Crippen molar-refractivity contribution in [2.45, 2.75) is 52.2 Å². The highest BCUT2D eigenvalue weighted by Gasteiger charge is 2.31. The number of carbonyl (C=O) groups is 1. The SMILES string of the molecule is CCC1CCCN(C(C)(C)CNC(=O)c2ccc(CO)c(F)c2)C1. The van der Waals surface area contributed by atoms with E-state index in [1.54, 1.807) is 6.07 Å². The molecule has 1 amide bonds. The van der Waals surface area contributed by atoms with Crippen LogP contribution in [0.25, 0.3) is 0 Å². The molecule has 24 heavy (non-hydrogen) atoms. The highest BCUT2D eigenvalue weighted by molar-refractivity contribution is 5.94. The van der Waals surface area contributed by atoms with Crippen LogP contribution in [-0.4, -0.2) is 41.1 Å². The molecule has 1 saturated heterocycles. The second-order valence-electron chi connectivity index (χ2n) is 7.32. The fourth-order valence-corrected chi connectivity index (χ4v) is 3.28. The number of carbonyl (C=O) groups excluding carboxylic acids is 1. The van der Waals surface area contributed by atoms with E-state index in [1.807, 2.05) is 0 Å². The molecule has 1 fully saturated rings. The summed E-state index contributed by atoms with van der Waals surface area (Å²) in [6.07, 6.45) is 3.67. The number of benzene rings is 1. The summed E-state index contributed by atoms with van der Waals surface area (Å²) in [5.74, 6) is -0.101. The van der Waals surface area contributed by atoms with Crippen molar-refractivity contribution in [2.24, 2.45) is 5.92 Å². The lowest BCUT2D eigenvalue weighted by molar-refractivity contribution is 0.0612. The Balaban J connectivity index is 1.95. The van der Waals surface area contributed by atoms with E-state index in [9.17, 15) is 9.18 Å². The molecule has 0 aliphatic carbocycles. The zero-order valence-corrected chi connectivity index (χ0v) is 14.9. The third-order valence-corrected chi connectivity index (χ3v) is 5.12. The summed E-state index contributed by atoms with van der Waals surface area (Å²) >= 11 is 0. The zero-order chi connectivity index (χ0) is 17.7. The standard InChI is InChI=1S/C19H29FN2O2/c1-4-14-6-5-9-22(11-14)19(2,3)13-21-18(24)15-7-8-16(12-23)17(20)10-15/h7-8,10,14,23H,4-6,9,11-13H2,1-3H3,(H,21,24). The summed E-state index contributed by atoms with van der Waals surface area (Å²) in [6.45, 7) is 8.79. The number of hydrogen-bond donors (Lipinski definition) is 2. The molecule has 2 rings (SSSR count). The Kier molecular flexibility index (Phi) is 6.35. The quantitative estimate of drug-likeness (QED) is 0.840. The van der Waals surface area contributed by atoms with Crippen LogP contribution in [0.3, 0.4) is 0 Å². The molecular weight excluding hydrogens is 307 g/mol. The zero-order valence-electron chi connectivity index (χ0n) is 14.9. The van der Waals surface area contributed by atoms with E-state index < -0.39 is 5.82 Å². The topological polar surface area (TPSA) is 52.6 Å². The summed E-state index contributed by atoms with van der Waals surface area (Å²) in [7, 11) is 0. The number of halogens is 1. The van der Waals surface area contributed by atoms with Crippen molar-refractivity contribution in [3.8, 4) is 0 Å². The van der Waals surface area contributed by atoms with Gasteiger partial charge in [0.15, 0.2) is 0 Å². The van der Waals surface area contributed by atoms with Gasteiger partial charge in [-0.1, -0.05) is 19.4 Å². The van der Waals surface area contributed by atoms with Gasteiger partial charge in [0.2, 0.25) is 0 Å². The van der Waals surface area contributed by atoms with Crippen LogP contribution < -0.4 is 5.32 Å². The maximum absolute atomic E-state index is 13.7. The Morgan fingerprint density at radius 2 is 2.21 bits per heavy atom. The van der Waals surface area contributed by atoms with Gasteiger partial charge in [0.05, 0.1) is 6.61 Å². The van der Waals surface area contributed by atoms with Crippen LogP contribution in [0.5, 0.6) is 0 Å². The van der Waals surface area contributed by atoms with Crippen molar-refractivity contribution >= 4 is 5.91 Å². The van der Waals surface area contributed by atoms with Gasteiger partial charge in [0.25, 0.3) is 5.91 Å². The maximum atomic E-state index is 13.7. The number of hydrogen-bond acceptors (Lipinski definition) is 3. The molecule has 1 unspecified atom stereocenters. The average Bonchev–Trinajstić information content (AvgIpc) is 2.59. The van der Waals surface area contributed by atoms with Crippen LogP contribution in [-0.2, 0) is 6.61 Å². The highest BCUT2D eigenvalue weighted by atomic mass is 19.1. The summed E-state index contributed by atoms with van der Waals surface area (Å²) in [5, 5.41) is 11.9. The van der Waals surface area contributed by atoms with Crippen LogP contribution >= 0.6 is 0 Å². The first-order valence-electron chi connectivity index (χ1n) is 8.80. The van der Waals surface area contributed by atoms with E-state index in [2.05, 4.69) is 31.0 Å². The Bertz CT molecular complexity index is 574. The van der Waals surface area contributed by atoms with Crippen molar-refractivity contribution in [1.82, 2.24) is 10.2 Å². The molecule has 1 atom stereocenters. The first kappa shape index (κ1) is 18.9. The lowest BCUT2D eigenvalue weighted by atomic mass is 9.91. The van der Waals surface area contributed by atoms with Crippen molar-refractivity contribution in [3.05, 3.63) is 35.1 Å². The smallest absolute Gasteiger partial charge is 0.251 e. The van der Waals surface area contributed by atoms with Gasteiger partial charge in [-0.3, -0.25) is 9.69 Å². The molecule has 1 aromatic carbocycles. The van der Waals surface area contributed by atoms with Gasteiger partial charge in [-0.15, -0.1) is 0 Å². The van der Waals surface area contributed by atoms with Crippen LogP contribution in [0.4, 0.5) is 4.39 Å². The normalized spacial score (nSPS) is 19.3. The van der Waals surface area contributed by atoms with Crippen molar-refractivity contribution in [3.63, 3.8) is 0 Å². The van der Waals surface area contributed by atoms with Crippen molar-refractivity contribution in [2.75, 3.05) is 19.6 Å². The van der Waals surface area contributed by atoms with E-state index >= 15 is 0 Å². The molecule has 1 aliphatic rings. The minimum atomic E-state index is -0.550. The molecule has 0 bridgehead atoms. The van der Waals surface area contributed by atoms with E-state index in [4.69, 9.17) is 5.11 Å². The van der Waals surface area contributed by atoms with Gasteiger partial charge in [0.1, 0.15) is 5.82 Å². The number of aliphatic hydroxyl groups excluding tert-OH is 1. The van der Waals surface area contributed by atoms with Crippen LogP contribution in [0, 0.1) is 11.7 Å². The molecule has 1 aliphatic heterocycles. The fourth-order valence-electron chi connectivity index (χ4n) is 3.28. The highest BCUT2D eigenvalue weighted by Crippen LogP contribution is 2.25. The molecule has 1 heterocycles. The summed E-state index contributed by atoms with van der Waals surface area (Å²) in [4.78, 5) is 14.7. The Morgan fingerprint density at radius 1 is 1.46 bits per heavy atom. The van der Waals surface area contributed by atoms with Crippen LogP contribution in [0.15, 0.2) is 18.2 Å². The third kappa shape index (κ3) is 4.54. The second-order valence-corrected chi connectivity index (χ2v) is 7.32. The lowest BCUT2D eigenvalue weighted by Gasteiger charge is -2.43. The molecule has 1 aromatic rings. The number of amides is 1. The number of piperidine rings is 1. The van der Waals surface area contributed by atoms with Crippen LogP contribution in [0.1, 0.15) is 56.0 Å². The minimum Gasteiger partial charge on any atom is -0.392 e. The first-order chi connectivity index (χ1) is 11.4.